The van der Waals surface area contributed by atoms with Gasteiger partial charge in [0.15, 0.2) is 0 Å². The summed E-state index contributed by atoms with van der Waals surface area (Å²) in [5.41, 5.74) is 7.52. The fraction of sp³-hybridized carbons (Fsp3) is 0.625. The Kier molecular flexibility index (Phi) is 4.41. The second kappa shape index (κ2) is 5.85. The number of hydrogen-bond donors (Lipinski definition) is 1. The zero-order valence-electron chi connectivity index (χ0n) is 11.6. The maximum atomic E-state index is 5.92. The maximum absolute atomic E-state index is 5.92. The first-order chi connectivity index (χ1) is 8.68. The topological polar surface area (TPSA) is 35.2 Å². The minimum absolute atomic E-state index is 0.225. The monoisotopic (exact) mass is 247 g/mol. The lowest BCUT2D eigenvalue weighted by Crippen LogP contribution is -2.42. The highest BCUT2D eigenvalue weighted by molar-refractivity contribution is 5.26. The van der Waals surface area contributed by atoms with Crippen LogP contribution in [0.4, 0.5) is 0 Å². The molecule has 0 aliphatic carbocycles. The average molecular weight is 247 g/mol. The standard InChI is InChI=1S/C16H25NO/c1-13(2)15-12-16(8-10-17,9-11-18-15)14-6-4-3-5-7-14/h3-7,13,15H,8-12,17H2,1-2H3/t15-,16-/m1/s1. The van der Waals surface area contributed by atoms with Crippen LogP contribution in [0.3, 0.4) is 0 Å². The van der Waals surface area contributed by atoms with Gasteiger partial charge in [0.2, 0.25) is 0 Å². The number of benzene rings is 1. The second-order valence-corrected chi connectivity index (χ2v) is 5.79. The zero-order valence-corrected chi connectivity index (χ0v) is 11.6. The molecule has 0 aromatic heterocycles. The predicted octanol–water partition coefficient (Wildman–Crippen LogP) is 3.11. The first kappa shape index (κ1) is 13.6. The number of rotatable bonds is 4. The van der Waals surface area contributed by atoms with E-state index in [4.69, 9.17) is 10.5 Å². The van der Waals surface area contributed by atoms with Crippen molar-refractivity contribution >= 4 is 0 Å². The molecule has 0 radical (unpaired) electrons. The average Bonchev–Trinajstić information content (AvgIpc) is 2.40. The smallest absolute Gasteiger partial charge is 0.0606 e. The fourth-order valence-electron chi connectivity index (χ4n) is 3.08. The van der Waals surface area contributed by atoms with Gasteiger partial charge in [0.05, 0.1) is 6.10 Å². The van der Waals surface area contributed by atoms with E-state index in [9.17, 15) is 0 Å². The third kappa shape index (κ3) is 2.76. The van der Waals surface area contributed by atoms with Gasteiger partial charge in [-0.05, 0) is 37.3 Å². The minimum Gasteiger partial charge on any atom is -0.378 e. The highest BCUT2D eigenvalue weighted by atomic mass is 16.5. The summed E-state index contributed by atoms with van der Waals surface area (Å²) in [6, 6.07) is 10.8. The van der Waals surface area contributed by atoms with Crippen molar-refractivity contribution in [3.63, 3.8) is 0 Å². The lowest BCUT2D eigenvalue weighted by atomic mass is 9.69. The van der Waals surface area contributed by atoms with Crippen LogP contribution in [0.5, 0.6) is 0 Å². The summed E-state index contributed by atoms with van der Waals surface area (Å²) >= 11 is 0. The van der Waals surface area contributed by atoms with E-state index in [1.54, 1.807) is 0 Å². The van der Waals surface area contributed by atoms with E-state index >= 15 is 0 Å². The Balaban J connectivity index is 2.26. The van der Waals surface area contributed by atoms with Crippen LogP contribution in [-0.4, -0.2) is 19.3 Å². The largest absolute Gasteiger partial charge is 0.378 e. The molecule has 1 aliphatic heterocycles. The van der Waals surface area contributed by atoms with E-state index in [0.717, 1.165) is 32.4 Å². The van der Waals surface area contributed by atoms with E-state index in [2.05, 4.69) is 44.2 Å². The van der Waals surface area contributed by atoms with Crippen LogP contribution >= 0.6 is 0 Å². The van der Waals surface area contributed by atoms with Crippen LogP contribution in [0.25, 0.3) is 0 Å². The molecule has 1 fully saturated rings. The summed E-state index contributed by atoms with van der Waals surface area (Å²) in [5.74, 6) is 0.575. The summed E-state index contributed by atoms with van der Waals surface area (Å²) in [6.45, 7) is 6.10. The number of ether oxygens (including phenoxy) is 1. The molecule has 2 nitrogen and oxygen atoms in total. The molecule has 0 spiro atoms. The van der Waals surface area contributed by atoms with Gasteiger partial charge in [-0.2, -0.15) is 0 Å². The molecule has 1 saturated heterocycles. The fourth-order valence-corrected chi connectivity index (χ4v) is 3.08. The molecule has 0 bridgehead atoms. The normalized spacial score (nSPS) is 28.6. The van der Waals surface area contributed by atoms with Crippen molar-refractivity contribution < 1.29 is 4.74 Å². The molecule has 1 aliphatic rings. The molecular weight excluding hydrogens is 222 g/mol. The van der Waals surface area contributed by atoms with Gasteiger partial charge in [0.25, 0.3) is 0 Å². The number of nitrogens with two attached hydrogens (primary N) is 1. The van der Waals surface area contributed by atoms with Gasteiger partial charge in [-0.15, -0.1) is 0 Å². The van der Waals surface area contributed by atoms with Gasteiger partial charge in [-0.1, -0.05) is 44.2 Å². The van der Waals surface area contributed by atoms with Crippen LogP contribution in [0, 0.1) is 5.92 Å². The Morgan fingerprint density at radius 2 is 2.06 bits per heavy atom. The molecule has 2 rings (SSSR count). The quantitative estimate of drug-likeness (QED) is 0.887. The Morgan fingerprint density at radius 3 is 2.67 bits per heavy atom. The summed E-state index contributed by atoms with van der Waals surface area (Å²) in [4.78, 5) is 0. The SMILES string of the molecule is CC(C)[C@H]1C[C@](CCN)(c2ccccc2)CCO1. The van der Waals surface area contributed by atoms with Crippen molar-refractivity contribution in [2.24, 2.45) is 11.7 Å². The second-order valence-electron chi connectivity index (χ2n) is 5.79. The van der Waals surface area contributed by atoms with E-state index in [0.29, 0.717) is 12.0 Å². The van der Waals surface area contributed by atoms with Crippen LogP contribution in [0.15, 0.2) is 30.3 Å². The maximum Gasteiger partial charge on any atom is 0.0606 e. The molecule has 1 aromatic rings. The van der Waals surface area contributed by atoms with E-state index < -0.39 is 0 Å². The van der Waals surface area contributed by atoms with Gasteiger partial charge < -0.3 is 10.5 Å². The highest BCUT2D eigenvalue weighted by Gasteiger charge is 2.38. The summed E-state index contributed by atoms with van der Waals surface area (Å²) in [6.07, 6.45) is 3.62. The molecule has 18 heavy (non-hydrogen) atoms. The van der Waals surface area contributed by atoms with E-state index in [1.165, 1.54) is 5.56 Å². The van der Waals surface area contributed by atoms with Gasteiger partial charge in [-0.3, -0.25) is 0 Å². The van der Waals surface area contributed by atoms with Crippen LogP contribution in [0.1, 0.15) is 38.7 Å². The van der Waals surface area contributed by atoms with Gasteiger partial charge >= 0.3 is 0 Å². The molecule has 2 heteroatoms. The van der Waals surface area contributed by atoms with Crippen molar-refractivity contribution in [2.45, 2.75) is 44.6 Å². The lowest BCUT2D eigenvalue weighted by Gasteiger charge is -2.43. The van der Waals surface area contributed by atoms with E-state index in [-0.39, 0.29) is 5.41 Å². The molecule has 1 aromatic carbocycles. The van der Waals surface area contributed by atoms with Crippen molar-refractivity contribution in [3.05, 3.63) is 35.9 Å². The van der Waals surface area contributed by atoms with Crippen molar-refractivity contribution in [3.8, 4) is 0 Å². The summed E-state index contributed by atoms with van der Waals surface area (Å²) in [5, 5.41) is 0. The summed E-state index contributed by atoms with van der Waals surface area (Å²) < 4.78 is 5.92. The third-order valence-corrected chi connectivity index (χ3v) is 4.26. The first-order valence-electron chi connectivity index (χ1n) is 7.05. The lowest BCUT2D eigenvalue weighted by molar-refractivity contribution is -0.0465. The number of hydrogen-bond acceptors (Lipinski definition) is 2. The van der Waals surface area contributed by atoms with Crippen molar-refractivity contribution in [2.75, 3.05) is 13.2 Å². The molecule has 0 amide bonds. The molecule has 100 valence electrons. The Morgan fingerprint density at radius 1 is 1.33 bits per heavy atom. The van der Waals surface area contributed by atoms with E-state index in [1.807, 2.05) is 0 Å². The van der Waals surface area contributed by atoms with Crippen LogP contribution < -0.4 is 5.73 Å². The Bertz CT molecular complexity index is 359. The molecule has 1 heterocycles. The van der Waals surface area contributed by atoms with Crippen molar-refractivity contribution in [1.29, 1.82) is 0 Å². The summed E-state index contributed by atoms with van der Waals surface area (Å²) in [7, 11) is 0. The van der Waals surface area contributed by atoms with Gasteiger partial charge in [0, 0.05) is 12.0 Å². The molecule has 2 atom stereocenters. The van der Waals surface area contributed by atoms with Gasteiger partial charge in [-0.25, -0.2) is 0 Å². The van der Waals surface area contributed by atoms with Crippen LogP contribution in [0.2, 0.25) is 0 Å². The van der Waals surface area contributed by atoms with Crippen LogP contribution in [-0.2, 0) is 10.2 Å². The molecule has 0 unspecified atom stereocenters. The minimum atomic E-state index is 0.225. The zero-order chi connectivity index (χ0) is 13.0. The molecule has 2 N–H and O–H groups in total. The highest BCUT2D eigenvalue weighted by Crippen LogP contribution is 2.41. The molecule has 0 saturated carbocycles. The Hall–Kier alpha value is -0.860. The third-order valence-electron chi connectivity index (χ3n) is 4.26. The predicted molar refractivity (Wildman–Crippen MR) is 75.6 cm³/mol. The van der Waals surface area contributed by atoms with Crippen molar-refractivity contribution in [1.82, 2.24) is 0 Å². The molecular formula is C16H25NO. The first-order valence-corrected chi connectivity index (χ1v) is 7.05. The Labute approximate surface area is 111 Å². The van der Waals surface area contributed by atoms with Gasteiger partial charge in [0.1, 0.15) is 0 Å².